The summed E-state index contributed by atoms with van der Waals surface area (Å²) in [7, 11) is 0. The van der Waals surface area contributed by atoms with Gasteiger partial charge in [0, 0.05) is 15.6 Å². The second-order valence-corrected chi connectivity index (χ2v) is 7.19. The molecular formula is C20H14Cl4N2O. The van der Waals surface area contributed by atoms with Gasteiger partial charge in [0.2, 0.25) is 0 Å². The molecule has 0 spiro atoms. The molecule has 0 aromatic heterocycles. The summed E-state index contributed by atoms with van der Waals surface area (Å²) >= 11 is 24.2. The van der Waals surface area contributed by atoms with Gasteiger partial charge in [-0.15, -0.1) is 0 Å². The molecule has 1 N–H and O–H groups in total. The molecule has 3 nitrogen and oxygen atoms in total. The number of hydrogen-bond donors (Lipinski definition) is 1. The van der Waals surface area contributed by atoms with Gasteiger partial charge in [0.25, 0.3) is 0 Å². The van der Waals surface area contributed by atoms with Crippen LogP contribution < -0.4 is 10.2 Å². The molecule has 27 heavy (non-hydrogen) atoms. The molecule has 0 saturated heterocycles. The summed E-state index contributed by atoms with van der Waals surface area (Å²) in [5, 5.41) is 6.30. The van der Waals surface area contributed by atoms with Crippen molar-refractivity contribution in [3.8, 4) is 5.75 Å². The largest absolute Gasteiger partial charge is 0.489 e. The maximum absolute atomic E-state index is 6.16. The van der Waals surface area contributed by atoms with Gasteiger partial charge in [0.05, 0.1) is 21.9 Å². The monoisotopic (exact) mass is 438 g/mol. The first kappa shape index (κ1) is 19.8. The molecule has 0 aliphatic carbocycles. The number of nitrogens with zero attached hydrogens (tertiary/aromatic N) is 1. The molecule has 7 heteroatoms. The lowest BCUT2D eigenvalue weighted by Crippen LogP contribution is -1.98. The Morgan fingerprint density at radius 2 is 1.56 bits per heavy atom. The minimum absolute atomic E-state index is 0.278. The van der Waals surface area contributed by atoms with Crippen molar-refractivity contribution in [2.75, 3.05) is 5.43 Å². The van der Waals surface area contributed by atoms with Gasteiger partial charge in [-0.2, -0.15) is 5.10 Å². The molecule has 0 radical (unpaired) electrons. The van der Waals surface area contributed by atoms with Gasteiger partial charge in [-0.1, -0.05) is 64.6 Å². The van der Waals surface area contributed by atoms with Crippen molar-refractivity contribution in [1.82, 2.24) is 0 Å². The van der Waals surface area contributed by atoms with Crippen molar-refractivity contribution in [2.45, 2.75) is 6.61 Å². The van der Waals surface area contributed by atoms with E-state index in [0.29, 0.717) is 25.8 Å². The van der Waals surface area contributed by atoms with Gasteiger partial charge < -0.3 is 4.74 Å². The van der Waals surface area contributed by atoms with E-state index in [9.17, 15) is 0 Å². The Labute approximate surface area is 177 Å². The first-order valence-corrected chi connectivity index (χ1v) is 9.44. The molecule has 0 bridgehead atoms. The van der Waals surface area contributed by atoms with E-state index in [1.54, 1.807) is 42.6 Å². The Morgan fingerprint density at radius 3 is 2.30 bits per heavy atom. The van der Waals surface area contributed by atoms with Crippen LogP contribution in [0.2, 0.25) is 20.1 Å². The van der Waals surface area contributed by atoms with E-state index in [1.165, 1.54) is 0 Å². The van der Waals surface area contributed by atoms with Crippen LogP contribution in [0.25, 0.3) is 0 Å². The summed E-state index contributed by atoms with van der Waals surface area (Å²) in [6, 6.07) is 18.1. The fourth-order valence-electron chi connectivity index (χ4n) is 2.26. The van der Waals surface area contributed by atoms with Crippen molar-refractivity contribution < 1.29 is 4.74 Å². The fraction of sp³-hybridized carbons (Fsp3) is 0.0500. The lowest BCUT2D eigenvalue weighted by Gasteiger charge is -2.10. The number of nitrogens with one attached hydrogen (secondary N) is 1. The molecule has 0 heterocycles. The average molecular weight is 440 g/mol. The van der Waals surface area contributed by atoms with E-state index >= 15 is 0 Å². The van der Waals surface area contributed by atoms with Gasteiger partial charge in [0.15, 0.2) is 0 Å². The number of benzene rings is 3. The van der Waals surface area contributed by atoms with Crippen molar-refractivity contribution >= 4 is 58.3 Å². The molecule has 3 aromatic rings. The van der Waals surface area contributed by atoms with Crippen LogP contribution in [-0.2, 0) is 6.61 Å². The Morgan fingerprint density at radius 1 is 0.815 bits per heavy atom. The van der Waals surface area contributed by atoms with E-state index in [-0.39, 0.29) is 6.61 Å². The zero-order chi connectivity index (χ0) is 19.2. The van der Waals surface area contributed by atoms with Crippen LogP contribution in [0.1, 0.15) is 11.1 Å². The van der Waals surface area contributed by atoms with Crippen LogP contribution >= 0.6 is 46.4 Å². The molecule has 0 amide bonds. The molecule has 138 valence electrons. The fourth-order valence-corrected chi connectivity index (χ4v) is 3.06. The number of halogens is 4. The topological polar surface area (TPSA) is 33.6 Å². The predicted octanol–water partition coefficient (Wildman–Crippen LogP) is 7.33. The van der Waals surface area contributed by atoms with E-state index < -0.39 is 0 Å². The Bertz CT molecular complexity index is 956. The van der Waals surface area contributed by atoms with Gasteiger partial charge in [-0.25, -0.2) is 0 Å². The van der Waals surface area contributed by atoms with Crippen molar-refractivity contribution in [2.24, 2.45) is 5.10 Å². The average Bonchev–Trinajstić information content (AvgIpc) is 2.65. The van der Waals surface area contributed by atoms with Crippen molar-refractivity contribution in [3.63, 3.8) is 0 Å². The zero-order valence-electron chi connectivity index (χ0n) is 13.9. The normalized spacial score (nSPS) is 11.0. The van der Waals surface area contributed by atoms with E-state index in [0.717, 1.165) is 16.8 Å². The third-order valence-electron chi connectivity index (χ3n) is 3.63. The quantitative estimate of drug-likeness (QED) is 0.322. The molecule has 0 aliphatic heterocycles. The Balaban J connectivity index is 1.64. The maximum Gasteiger partial charge on any atom is 0.120 e. The predicted molar refractivity (Wildman–Crippen MR) is 115 cm³/mol. The summed E-state index contributed by atoms with van der Waals surface area (Å²) in [4.78, 5) is 0. The van der Waals surface area contributed by atoms with Crippen LogP contribution in [-0.4, -0.2) is 6.21 Å². The minimum Gasteiger partial charge on any atom is -0.489 e. The number of ether oxygens (including phenoxy) is 1. The molecule has 0 saturated carbocycles. The highest BCUT2D eigenvalue weighted by Gasteiger charge is 2.06. The van der Waals surface area contributed by atoms with E-state index in [4.69, 9.17) is 51.1 Å². The summed E-state index contributed by atoms with van der Waals surface area (Å²) < 4.78 is 5.80. The molecule has 3 rings (SSSR count). The van der Waals surface area contributed by atoms with Crippen LogP contribution in [0.4, 0.5) is 5.69 Å². The Kier molecular flexibility index (Phi) is 6.86. The van der Waals surface area contributed by atoms with Crippen LogP contribution in [0.5, 0.6) is 5.75 Å². The first-order valence-electron chi connectivity index (χ1n) is 7.93. The van der Waals surface area contributed by atoms with Crippen LogP contribution in [0, 0.1) is 0 Å². The van der Waals surface area contributed by atoms with Crippen molar-refractivity contribution in [3.05, 3.63) is 91.9 Å². The summed E-state index contributed by atoms with van der Waals surface area (Å²) in [6.07, 6.45) is 1.68. The standard InChI is InChI=1S/C20H14Cl4N2O/c21-17-5-2-6-18(22)16(17)12-27-15-4-1-3-13(9-15)11-25-26-14-7-8-19(23)20(24)10-14/h1-11,26H,12H2. The summed E-state index contributed by atoms with van der Waals surface area (Å²) in [5.74, 6) is 0.685. The third-order valence-corrected chi connectivity index (χ3v) is 5.08. The van der Waals surface area contributed by atoms with Gasteiger partial charge in [0.1, 0.15) is 12.4 Å². The number of hydrazone groups is 1. The lowest BCUT2D eigenvalue weighted by atomic mass is 10.2. The van der Waals surface area contributed by atoms with Crippen LogP contribution in [0.3, 0.4) is 0 Å². The molecule has 0 atom stereocenters. The highest BCUT2D eigenvalue weighted by atomic mass is 35.5. The summed E-state index contributed by atoms with van der Waals surface area (Å²) in [5.41, 5.74) is 5.26. The summed E-state index contributed by atoms with van der Waals surface area (Å²) in [6.45, 7) is 0.278. The molecule has 0 aliphatic rings. The van der Waals surface area contributed by atoms with Crippen LogP contribution in [0.15, 0.2) is 65.8 Å². The van der Waals surface area contributed by atoms with Gasteiger partial charge in [-0.3, -0.25) is 5.43 Å². The highest BCUT2D eigenvalue weighted by Crippen LogP contribution is 2.26. The van der Waals surface area contributed by atoms with Gasteiger partial charge >= 0.3 is 0 Å². The molecule has 0 unspecified atom stereocenters. The lowest BCUT2D eigenvalue weighted by molar-refractivity contribution is 0.306. The number of anilines is 1. The van der Waals surface area contributed by atoms with Gasteiger partial charge in [-0.05, 0) is 48.0 Å². The first-order chi connectivity index (χ1) is 13.0. The maximum atomic E-state index is 6.16. The molecule has 0 fully saturated rings. The highest BCUT2D eigenvalue weighted by molar-refractivity contribution is 6.42. The van der Waals surface area contributed by atoms with E-state index in [2.05, 4.69) is 10.5 Å². The van der Waals surface area contributed by atoms with E-state index in [1.807, 2.05) is 24.3 Å². The second kappa shape index (κ2) is 9.34. The smallest absolute Gasteiger partial charge is 0.120 e. The SMILES string of the molecule is Clc1ccc(NN=Cc2cccc(OCc3c(Cl)cccc3Cl)c2)cc1Cl. The number of hydrogen-bond acceptors (Lipinski definition) is 3. The molecular weight excluding hydrogens is 426 g/mol. The Hall–Kier alpha value is -1.91. The van der Waals surface area contributed by atoms with Crippen molar-refractivity contribution in [1.29, 1.82) is 0 Å². The zero-order valence-corrected chi connectivity index (χ0v) is 16.9. The third kappa shape index (κ3) is 5.53. The molecule has 3 aromatic carbocycles. The second-order valence-electron chi connectivity index (χ2n) is 5.56. The minimum atomic E-state index is 0.278. The number of rotatable bonds is 6.